The minimum atomic E-state index is -0.533. The maximum Gasteiger partial charge on any atom is 0.247 e. The van der Waals surface area contributed by atoms with Crippen LogP contribution in [0.15, 0.2) is 42.6 Å². The zero-order valence-electron chi connectivity index (χ0n) is 16.7. The molecule has 7 nitrogen and oxygen atoms in total. The number of hydrogen-bond acceptors (Lipinski definition) is 7. The van der Waals surface area contributed by atoms with Crippen molar-refractivity contribution < 1.29 is 9.59 Å². The highest BCUT2D eigenvalue weighted by atomic mass is 32.1. The van der Waals surface area contributed by atoms with Crippen LogP contribution >= 0.6 is 11.3 Å². The van der Waals surface area contributed by atoms with Crippen molar-refractivity contribution in [2.24, 2.45) is 0 Å². The molecule has 3 N–H and O–H groups in total. The van der Waals surface area contributed by atoms with Crippen LogP contribution in [0.2, 0.25) is 0 Å². The molecule has 2 fully saturated rings. The Balaban J connectivity index is 1.46. The number of pyridine rings is 1. The summed E-state index contributed by atoms with van der Waals surface area (Å²) in [5, 5.41) is 3.89. The number of nitrogens with two attached hydrogens (primary N) is 1. The molecule has 0 radical (unpaired) electrons. The van der Waals surface area contributed by atoms with Gasteiger partial charge in [-0.25, -0.2) is 4.98 Å². The molecule has 30 heavy (non-hydrogen) atoms. The van der Waals surface area contributed by atoms with Gasteiger partial charge in [0, 0.05) is 31.9 Å². The molecule has 1 spiro atoms. The van der Waals surface area contributed by atoms with E-state index in [0.29, 0.717) is 30.1 Å². The van der Waals surface area contributed by atoms with Gasteiger partial charge in [0.05, 0.1) is 28.3 Å². The lowest BCUT2D eigenvalue weighted by Crippen LogP contribution is -2.56. The lowest BCUT2D eigenvalue weighted by molar-refractivity contribution is -0.124. The van der Waals surface area contributed by atoms with E-state index in [1.54, 1.807) is 6.20 Å². The van der Waals surface area contributed by atoms with E-state index >= 15 is 0 Å². The summed E-state index contributed by atoms with van der Waals surface area (Å²) < 4.78 is 0. The van der Waals surface area contributed by atoms with Gasteiger partial charge in [-0.15, -0.1) is 11.3 Å². The van der Waals surface area contributed by atoms with Crippen molar-refractivity contribution >= 4 is 50.3 Å². The highest BCUT2D eigenvalue weighted by Gasteiger charge is 2.50. The molecule has 0 aliphatic carbocycles. The summed E-state index contributed by atoms with van der Waals surface area (Å²) in [7, 11) is 0. The minimum absolute atomic E-state index is 0.0415. The van der Waals surface area contributed by atoms with Gasteiger partial charge in [0.15, 0.2) is 5.78 Å². The summed E-state index contributed by atoms with van der Waals surface area (Å²) >= 11 is 1.34. The molecule has 154 valence electrons. The zero-order chi connectivity index (χ0) is 20.9. The van der Waals surface area contributed by atoms with Gasteiger partial charge in [0.1, 0.15) is 10.4 Å². The first kappa shape index (κ1) is 18.9. The number of para-hydroxylation sites is 1. The number of carbonyl (C=O) groups excluding carboxylic acids is 2. The van der Waals surface area contributed by atoms with Crippen LogP contribution in [0.25, 0.3) is 10.2 Å². The number of rotatable bonds is 3. The van der Waals surface area contributed by atoms with Crippen LogP contribution in [-0.4, -0.2) is 42.0 Å². The maximum absolute atomic E-state index is 12.9. The molecule has 1 aromatic carbocycles. The number of carbonyl (C=O) groups is 2. The number of nitrogens with zero attached hydrogens (tertiary/aromatic N) is 3. The first-order valence-corrected chi connectivity index (χ1v) is 10.9. The number of benzene rings is 1. The molecule has 0 atom stereocenters. The van der Waals surface area contributed by atoms with Crippen molar-refractivity contribution in [3.05, 3.63) is 47.5 Å². The van der Waals surface area contributed by atoms with Gasteiger partial charge in [-0.1, -0.05) is 18.2 Å². The Kier molecular flexibility index (Phi) is 4.39. The first-order valence-electron chi connectivity index (χ1n) is 10.0. The standard InChI is InChI=1S/C22H23N5O2S/c1-14(28)19-18(23)17-16(7-10-24-20(17)30-19)26-11-8-22(9-12-26)21(29)25-13-27(22)15-5-3-2-4-6-15/h2-7,10H,8-9,11-13,23H2,1H3,(H,25,29). The number of ketones is 1. The number of piperidine rings is 1. The van der Waals surface area contributed by atoms with Gasteiger partial charge in [0.25, 0.3) is 0 Å². The van der Waals surface area contributed by atoms with Gasteiger partial charge in [-0.3, -0.25) is 9.59 Å². The Morgan fingerprint density at radius 2 is 1.93 bits per heavy atom. The number of nitrogen functional groups attached to an aromatic ring is 1. The Hall–Kier alpha value is -3.13. The Labute approximate surface area is 178 Å². The SMILES string of the molecule is CC(=O)c1sc2nccc(N3CCC4(CC3)C(=O)NCN4c3ccccc3)c2c1N. The lowest BCUT2D eigenvalue weighted by atomic mass is 9.85. The number of amides is 1. The van der Waals surface area contributed by atoms with E-state index in [4.69, 9.17) is 5.73 Å². The highest BCUT2D eigenvalue weighted by molar-refractivity contribution is 7.21. The predicted octanol–water partition coefficient (Wildman–Crippen LogP) is 3.01. The van der Waals surface area contributed by atoms with Crippen molar-refractivity contribution in [3.8, 4) is 0 Å². The van der Waals surface area contributed by atoms with E-state index in [1.165, 1.54) is 18.3 Å². The molecule has 8 heteroatoms. The molecule has 0 saturated carbocycles. The number of fused-ring (bicyclic) bond motifs is 1. The van der Waals surface area contributed by atoms with Crippen molar-refractivity contribution in [2.45, 2.75) is 25.3 Å². The summed E-state index contributed by atoms with van der Waals surface area (Å²) in [6.07, 6.45) is 3.18. The van der Waals surface area contributed by atoms with Gasteiger partial charge >= 0.3 is 0 Å². The fourth-order valence-corrected chi connectivity index (χ4v) is 5.68. The van der Waals surface area contributed by atoms with Crippen LogP contribution in [0.5, 0.6) is 0 Å². The van der Waals surface area contributed by atoms with Crippen LogP contribution in [-0.2, 0) is 4.79 Å². The molecule has 3 aromatic rings. The molecular formula is C22H23N5O2S. The molecule has 2 aliphatic heterocycles. The van der Waals surface area contributed by atoms with Crippen LogP contribution in [0.4, 0.5) is 17.1 Å². The van der Waals surface area contributed by atoms with Crippen LogP contribution in [0.3, 0.4) is 0 Å². The number of anilines is 3. The van der Waals surface area contributed by atoms with Crippen molar-refractivity contribution in [3.63, 3.8) is 0 Å². The van der Waals surface area contributed by atoms with Gasteiger partial charge in [-0.05, 0) is 31.0 Å². The van der Waals surface area contributed by atoms with Gasteiger partial charge < -0.3 is 20.9 Å². The average molecular weight is 422 g/mol. The average Bonchev–Trinajstić information content (AvgIpc) is 3.27. The van der Waals surface area contributed by atoms with E-state index in [9.17, 15) is 9.59 Å². The van der Waals surface area contributed by atoms with Crippen molar-refractivity contribution in [1.29, 1.82) is 0 Å². The molecule has 4 heterocycles. The summed E-state index contributed by atoms with van der Waals surface area (Å²) in [5.41, 5.74) is 8.36. The largest absolute Gasteiger partial charge is 0.397 e. The predicted molar refractivity (Wildman–Crippen MR) is 120 cm³/mol. The molecule has 0 bridgehead atoms. The summed E-state index contributed by atoms with van der Waals surface area (Å²) in [6, 6.07) is 12.0. The molecule has 2 aliphatic rings. The Morgan fingerprint density at radius 1 is 1.20 bits per heavy atom. The van der Waals surface area contributed by atoms with E-state index in [1.807, 2.05) is 24.3 Å². The lowest BCUT2D eigenvalue weighted by Gasteiger charge is -2.44. The van der Waals surface area contributed by atoms with Crippen LogP contribution < -0.4 is 20.9 Å². The summed E-state index contributed by atoms with van der Waals surface area (Å²) in [5.74, 6) is 0.0555. The molecule has 2 aromatic heterocycles. The van der Waals surface area contributed by atoms with E-state index < -0.39 is 5.54 Å². The number of aromatic nitrogens is 1. The molecule has 0 unspecified atom stereocenters. The van der Waals surface area contributed by atoms with E-state index in [2.05, 4.69) is 32.2 Å². The molecule has 1 amide bonds. The Bertz CT molecular complexity index is 1140. The number of thiophene rings is 1. The van der Waals surface area contributed by atoms with Crippen molar-refractivity contribution in [2.75, 3.05) is 35.3 Å². The van der Waals surface area contributed by atoms with Gasteiger partial charge in [0.2, 0.25) is 5.91 Å². The third kappa shape index (κ3) is 2.74. The first-order chi connectivity index (χ1) is 14.5. The third-order valence-corrected chi connectivity index (χ3v) is 7.48. The fraction of sp³-hybridized carbons (Fsp3) is 0.318. The maximum atomic E-state index is 12.9. The highest BCUT2D eigenvalue weighted by Crippen LogP contribution is 2.42. The van der Waals surface area contributed by atoms with E-state index in [-0.39, 0.29) is 11.7 Å². The normalized spacial score (nSPS) is 18.2. The van der Waals surface area contributed by atoms with E-state index in [0.717, 1.165) is 34.7 Å². The molecular weight excluding hydrogens is 398 g/mol. The summed E-state index contributed by atoms with van der Waals surface area (Å²) in [4.78, 5) is 35.0. The number of nitrogens with one attached hydrogen (secondary N) is 1. The van der Waals surface area contributed by atoms with Crippen LogP contribution in [0, 0.1) is 0 Å². The molecule has 5 rings (SSSR count). The number of hydrogen-bond donors (Lipinski definition) is 2. The monoisotopic (exact) mass is 421 g/mol. The second-order valence-corrected chi connectivity index (χ2v) is 8.86. The number of Topliss-reactive ketones (excluding diaryl/α,β-unsaturated/α-hetero) is 1. The van der Waals surface area contributed by atoms with Gasteiger partial charge in [-0.2, -0.15) is 0 Å². The summed E-state index contributed by atoms with van der Waals surface area (Å²) in [6.45, 7) is 3.51. The topological polar surface area (TPSA) is 91.6 Å². The molecule has 2 saturated heterocycles. The fourth-order valence-electron chi connectivity index (χ4n) is 4.70. The minimum Gasteiger partial charge on any atom is -0.397 e. The Morgan fingerprint density at radius 3 is 2.63 bits per heavy atom. The van der Waals surface area contributed by atoms with Crippen LogP contribution in [0.1, 0.15) is 29.4 Å². The second-order valence-electron chi connectivity index (χ2n) is 7.86. The third-order valence-electron chi connectivity index (χ3n) is 6.26. The second kappa shape index (κ2) is 6.98. The smallest absolute Gasteiger partial charge is 0.247 e. The quantitative estimate of drug-likeness (QED) is 0.632. The van der Waals surface area contributed by atoms with Crippen molar-refractivity contribution in [1.82, 2.24) is 10.3 Å². The zero-order valence-corrected chi connectivity index (χ0v) is 17.5.